The van der Waals surface area contributed by atoms with Crippen LogP contribution in [0.25, 0.3) is 0 Å². The van der Waals surface area contributed by atoms with Crippen LogP contribution in [-0.2, 0) is 11.3 Å². The van der Waals surface area contributed by atoms with Gasteiger partial charge in [0.25, 0.3) is 0 Å². The zero-order chi connectivity index (χ0) is 11.5. The fraction of sp³-hybridized carbons (Fsp3) is 0.636. The van der Waals surface area contributed by atoms with Gasteiger partial charge < -0.3 is 10.6 Å². The molecule has 2 N–H and O–H groups in total. The molecule has 1 amide bonds. The van der Waals surface area contributed by atoms with Gasteiger partial charge in [-0.25, -0.2) is 4.98 Å². The Balaban J connectivity index is 1.78. The van der Waals surface area contributed by atoms with Gasteiger partial charge >= 0.3 is 0 Å². The van der Waals surface area contributed by atoms with Crippen LogP contribution in [0.15, 0.2) is 5.38 Å². The number of hydrogen-bond acceptors (Lipinski definition) is 4. The molecule has 1 unspecified atom stereocenters. The van der Waals surface area contributed by atoms with Gasteiger partial charge in [0.15, 0.2) is 0 Å². The van der Waals surface area contributed by atoms with Gasteiger partial charge in [0.2, 0.25) is 5.91 Å². The average molecular weight is 239 g/mol. The van der Waals surface area contributed by atoms with Crippen LogP contribution in [0.5, 0.6) is 0 Å². The van der Waals surface area contributed by atoms with Crippen LogP contribution in [0, 0.1) is 18.8 Å². The minimum Gasteiger partial charge on any atom is -0.349 e. The highest BCUT2D eigenvalue weighted by molar-refractivity contribution is 7.09. The molecule has 1 aliphatic rings. The average Bonchev–Trinajstić information content (AvgIpc) is 2.58. The summed E-state index contributed by atoms with van der Waals surface area (Å²) in [6.07, 6.45) is 0. The van der Waals surface area contributed by atoms with Crippen molar-refractivity contribution in [1.29, 1.82) is 0 Å². The molecule has 2 rings (SSSR count). The van der Waals surface area contributed by atoms with Crippen LogP contribution in [0.3, 0.4) is 0 Å². The molecule has 4 nitrogen and oxygen atoms in total. The maximum absolute atomic E-state index is 11.8. The summed E-state index contributed by atoms with van der Waals surface area (Å²) >= 11 is 1.59. The molecule has 1 aliphatic heterocycles. The topological polar surface area (TPSA) is 54.0 Å². The van der Waals surface area contributed by atoms with E-state index in [0.29, 0.717) is 12.5 Å². The molecule has 5 heteroatoms. The van der Waals surface area contributed by atoms with E-state index in [1.54, 1.807) is 11.3 Å². The lowest BCUT2D eigenvalue weighted by Gasteiger charge is -2.31. The van der Waals surface area contributed by atoms with Crippen molar-refractivity contribution in [2.75, 3.05) is 13.1 Å². The fourth-order valence-electron chi connectivity index (χ4n) is 1.69. The SMILES string of the molecule is Cc1csc(CNC(=O)C(C)C2CNC2)n1. The van der Waals surface area contributed by atoms with Crippen molar-refractivity contribution in [2.45, 2.75) is 20.4 Å². The van der Waals surface area contributed by atoms with Crippen molar-refractivity contribution in [3.05, 3.63) is 16.1 Å². The highest BCUT2D eigenvalue weighted by Crippen LogP contribution is 2.16. The maximum atomic E-state index is 11.8. The van der Waals surface area contributed by atoms with E-state index in [1.165, 1.54) is 0 Å². The molecule has 1 aromatic heterocycles. The fourth-order valence-corrected chi connectivity index (χ4v) is 2.40. The molecule has 0 radical (unpaired) electrons. The zero-order valence-corrected chi connectivity index (χ0v) is 10.4. The molecule has 0 bridgehead atoms. The maximum Gasteiger partial charge on any atom is 0.223 e. The third-order valence-corrected chi connectivity index (χ3v) is 3.98. The Morgan fingerprint density at radius 1 is 1.75 bits per heavy atom. The van der Waals surface area contributed by atoms with Crippen molar-refractivity contribution in [3.63, 3.8) is 0 Å². The molecule has 0 saturated carbocycles. The van der Waals surface area contributed by atoms with Gasteiger partial charge in [0.05, 0.1) is 6.54 Å². The number of thiazole rings is 1. The summed E-state index contributed by atoms with van der Waals surface area (Å²) in [5.74, 6) is 0.736. The molecular weight excluding hydrogens is 222 g/mol. The van der Waals surface area contributed by atoms with E-state index in [4.69, 9.17) is 0 Å². The Kier molecular flexibility index (Phi) is 3.56. The first kappa shape index (κ1) is 11.5. The van der Waals surface area contributed by atoms with Crippen molar-refractivity contribution >= 4 is 17.2 Å². The Labute approximate surface area is 99.5 Å². The Morgan fingerprint density at radius 2 is 2.50 bits per heavy atom. The van der Waals surface area contributed by atoms with E-state index in [0.717, 1.165) is 23.8 Å². The molecule has 0 aromatic carbocycles. The first-order chi connectivity index (χ1) is 7.66. The van der Waals surface area contributed by atoms with Crippen molar-refractivity contribution < 1.29 is 4.79 Å². The Morgan fingerprint density at radius 3 is 3.00 bits per heavy atom. The minimum absolute atomic E-state index is 0.0994. The summed E-state index contributed by atoms with van der Waals surface area (Å²) in [5.41, 5.74) is 1.02. The predicted molar refractivity (Wildman–Crippen MR) is 64.2 cm³/mol. The lowest BCUT2D eigenvalue weighted by atomic mass is 9.88. The molecule has 2 heterocycles. The second kappa shape index (κ2) is 4.93. The summed E-state index contributed by atoms with van der Waals surface area (Å²) in [6, 6.07) is 0. The van der Waals surface area contributed by atoms with Crippen molar-refractivity contribution in [3.8, 4) is 0 Å². The lowest BCUT2D eigenvalue weighted by Crippen LogP contribution is -2.49. The Bertz CT molecular complexity index is 373. The van der Waals surface area contributed by atoms with Crippen LogP contribution in [0.4, 0.5) is 0 Å². The number of nitrogens with zero attached hydrogens (tertiary/aromatic N) is 1. The highest BCUT2D eigenvalue weighted by Gasteiger charge is 2.28. The summed E-state index contributed by atoms with van der Waals surface area (Å²) in [7, 11) is 0. The standard InChI is InChI=1S/C11H17N3OS/c1-7-6-16-10(14-7)5-13-11(15)8(2)9-3-12-4-9/h6,8-9,12H,3-5H2,1-2H3,(H,13,15). The second-order valence-corrected chi connectivity index (χ2v) is 5.25. The first-order valence-corrected chi connectivity index (χ1v) is 6.44. The van der Waals surface area contributed by atoms with E-state index < -0.39 is 0 Å². The molecule has 0 aliphatic carbocycles. The molecule has 0 spiro atoms. The summed E-state index contributed by atoms with van der Waals surface area (Å²) in [4.78, 5) is 16.1. The molecule has 1 saturated heterocycles. The number of amides is 1. The van der Waals surface area contributed by atoms with Gasteiger partial charge in [-0.3, -0.25) is 4.79 Å². The molecular formula is C11H17N3OS. The third-order valence-electron chi connectivity index (χ3n) is 3.01. The van der Waals surface area contributed by atoms with E-state index in [2.05, 4.69) is 15.6 Å². The number of nitrogens with one attached hydrogen (secondary N) is 2. The molecule has 1 aromatic rings. The van der Waals surface area contributed by atoms with E-state index in [9.17, 15) is 4.79 Å². The van der Waals surface area contributed by atoms with Crippen molar-refractivity contribution in [1.82, 2.24) is 15.6 Å². The number of carbonyl (C=O) groups is 1. The van der Waals surface area contributed by atoms with Gasteiger partial charge in [-0.1, -0.05) is 6.92 Å². The molecule has 1 fully saturated rings. The zero-order valence-electron chi connectivity index (χ0n) is 9.62. The molecule has 88 valence electrons. The number of aromatic nitrogens is 1. The lowest BCUT2D eigenvalue weighted by molar-refractivity contribution is -0.126. The van der Waals surface area contributed by atoms with Crippen LogP contribution in [0.1, 0.15) is 17.6 Å². The quantitative estimate of drug-likeness (QED) is 0.821. The number of carbonyl (C=O) groups excluding carboxylic acids is 1. The van der Waals surface area contributed by atoms with Gasteiger partial charge in [0, 0.05) is 17.0 Å². The van der Waals surface area contributed by atoms with Crippen molar-refractivity contribution in [2.24, 2.45) is 11.8 Å². The normalized spacial score (nSPS) is 17.9. The van der Waals surface area contributed by atoms with Gasteiger partial charge in [-0.15, -0.1) is 11.3 Å². The van der Waals surface area contributed by atoms with Gasteiger partial charge in [0.1, 0.15) is 5.01 Å². The summed E-state index contributed by atoms with van der Waals surface area (Å²) in [5, 5.41) is 9.10. The second-order valence-electron chi connectivity index (χ2n) is 4.31. The van der Waals surface area contributed by atoms with Crippen LogP contribution >= 0.6 is 11.3 Å². The van der Waals surface area contributed by atoms with Crippen LogP contribution < -0.4 is 10.6 Å². The van der Waals surface area contributed by atoms with E-state index in [-0.39, 0.29) is 11.8 Å². The Hall–Kier alpha value is -0.940. The molecule has 16 heavy (non-hydrogen) atoms. The third kappa shape index (κ3) is 2.59. The number of aryl methyl sites for hydroxylation is 1. The largest absolute Gasteiger partial charge is 0.349 e. The smallest absolute Gasteiger partial charge is 0.223 e. The van der Waals surface area contributed by atoms with E-state index >= 15 is 0 Å². The van der Waals surface area contributed by atoms with E-state index in [1.807, 2.05) is 19.2 Å². The minimum atomic E-state index is 0.0994. The highest BCUT2D eigenvalue weighted by atomic mass is 32.1. The predicted octanol–water partition coefficient (Wildman–Crippen LogP) is 0.923. The van der Waals surface area contributed by atoms with Gasteiger partial charge in [-0.05, 0) is 25.9 Å². The number of hydrogen-bond donors (Lipinski definition) is 2. The molecule has 1 atom stereocenters. The summed E-state index contributed by atoms with van der Waals surface area (Å²) in [6.45, 7) is 6.44. The van der Waals surface area contributed by atoms with Crippen LogP contribution in [-0.4, -0.2) is 24.0 Å². The monoisotopic (exact) mass is 239 g/mol. The van der Waals surface area contributed by atoms with Gasteiger partial charge in [-0.2, -0.15) is 0 Å². The summed E-state index contributed by atoms with van der Waals surface area (Å²) < 4.78 is 0. The van der Waals surface area contributed by atoms with Crippen LogP contribution in [0.2, 0.25) is 0 Å². The number of rotatable bonds is 4. The first-order valence-electron chi connectivity index (χ1n) is 5.56.